The average Bonchev–Trinajstić information content (AvgIpc) is 3.08. The fourth-order valence-corrected chi connectivity index (χ4v) is 6.64. The quantitative estimate of drug-likeness (QED) is 0.166. The second-order valence-electron chi connectivity index (χ2n) is 11.3. The van der Waals surface area contributed by atoms with Crippen molar-refractivity contribution in [1.29, 1.82) is 0 Å². The van der Waals surface area contributed by atoms with Crippen molar-refractivity contribution in [3.05, 3.63) is 119 Å². The highest BCUT2D eigenvalue weighted by molar-refractivity contribution is 7.92. The Labute approximate surface area is 282 Å². The van der Waals surface area contributed by atoms with E-state index in [0.29, 0.717) is 22.9 Å². The van der Waals surface area contributed by atoms with Crippen molar-refractivity contribution >= 4 is 39.1 Å². The van der Waals surface area contributed by atoms with Gasteiger partial charge in [-0.15, -0.1) is 0 Å². The van der Waals surface area contributed by atoms with Crippen LogP contribution < -0.4 is 19.1 Å². The van der Waals surface area contributed by atoms with Crippen LogP contribution in [-0.2, 0) is 32.6 Å². The number of sulfonamides is 1. The molecule has 4 rings (SSSR count). The van der Waals surface area contributed by atoms with E-state index in [4.69, 9.17) is 21.1 Å². The zero-order valence-electron chi connectivity index (χ0n) is 26.9. The number of methoxy groups -OCH3 is 2. The van der Waals surface area contributed by atoms with Gasteiger partial charge < -0.3 is 19.7 Å². The standard InChI is InChI=1S/C36H40ClN3O6S/c1-26(2)23-38-36(42)33(21-27-13-7-5-8-14-27)39(24-28-15-11-12-18-31(28)37)35(41)25-40(47(43,44)30-16-9-6-10-17-30)32-22-29(45-3)19-20-34(32)46-4/h5-20,22,26,33H,21,23-25H2,1-4H3,(H,38,42)/t33-/m0/s1. The van der Waals surface area contributed by atoms with Crippen LogP contribution >= 0.6 is 11.6 Å². The molecule has 4 aromatic rings. The Morgan fingerprint density at radius 2 is 1.49 bits per heavy atom. The van der Waals surface area contributed by atoms with Crippen molar-refractivity contribution in [1.82, 2.24) is 10.2 Å². The minimum atomic E-state index is -4.32. The Balaban J connectivity index is 1.86. The molecular formula is C36H40ClN3O6S. The summed E-state index contributed by atoms with van der Waals surface area (Å²) in [6, 6.07) is 28.0. The van der Waals surface area contributed by atoms with Crippen LogP contribution in [0.1, 0.15) is 25.0 Å². The molecular weight excluding hydrogens is 638 g/mol. The summed E-state index contributed by atoms with van der Waals surface area (Å²) in [4.78, 5) is 30.0. The van der Waals surface area contributed by atoms with Gasteiger partial charge in [0, 0.05) is 30.6 Å². The molecule has 4 aromatic carbocycles. The molecule has 0 unspecified atom stereocenters. The highest BCUT2D eigenvalue weighted by Crippen LogP contribution is 2.36. The average molecular weight is 678 g/mol. The van der Waals surface area contributed by atoms with Gasteiger partial charge in [-0.25, -0.2) is 8.42 Å². The van der Waals surface area contributed by atoms with Gasteiger partial charge in [0.1, 0.15) is 24.1 Å². The fraction of sp³-hybridized carbons (Fsp3) is 0.278. The lowest BCUT2D eigenvalue weighted by atomic mass is 10.0. The summed E-state index contributed by atoms with van der Waals surface area (Å²) in [7, 11) is -1.45. The number of carbonyl (C=O) groups excluding carboxylic acids is 2. The van der Waals surface area contributed by atoms with Crippen LogP contribution in [0.5, 0.6) is 11.5 Å². The predicted octanol–water partition coefficient (Wildman–Crippen LogP) is 5.96. The molecule has 0 fully saturated rings. The third-order valence-corrected chi connectivity index (χ3v) is 9.66. The molecule has 11 heteroatoms. The zero-order valence-corrected chi connectivity index (χ0v) is 28.5. The number of ether oxygens (including phenoxy) is 2. The lowest BCUT2D eigenvalue weighted by Gasteiger charge is -2.34. The number of hydrogen-bond acceptors (Lipinski definition) is 6. The van der Waals surface area contributed by atoms with E-state index in [-0.39, 0.29) is 41.1 Å². The molecule has 9 nitrogen and oxygen atoms in total. The number of anilines is 1. The fourth-order valence-electron chi connectivity index (χ4n) is 5.01. The summed E-state index contributed by atoms with van der Waals surface area (Å²) in [5.74, 6) is -0.235. The molecule has 1 N–H and O–H groups in total. The molecule has 0 aliphatic carbocycles. The van der Waals surface area contributed by atoms with Gasteiger partial charge in [0.25, 0.3) is 10.0 Å². The molecule has 47 heavy (non-hydrogen) atoms. The maximum absolute atomic E-state index is 14.7. The summed E-state index contributed by atoms with van der Waals surface area (Å²) in [5.41, 5.74) is 1.54. The molecule has 0 aliphatic rings. The van der Waals surface area contributed by atoms with Crippen LogP contribution in [0.2, 0.25) is 5.02 Å². The molecule has 0 heterocycles. The van der Waals surface area contributed by atoms with E-state index in [1.807, 2.05) is 44.2 Å². The van der Waals surface area contributed by atoms with Crippen LogP contribution in [0.15, 0.2) is 108 Å². The van der Waals surface area contributed by atoms with Gasteiger partial charge >= 0.3 is 0 Å². The number of hydrogen-bond donors (Lipinski definition) is 1. The first-order valence-electron chi connectivity index (χ1n) is 15.2. The molecule has 0 aliphatic heterocycles. The normalized spacial score (nSPS) is 11.9. The van der Waals surface area contributed by atoms with E-state index in [0.717, 1.165) is 9.87 Å². The van der Waals surface area contributed by atoms with Gasteiger partial charge in [0.15, 0.2) is 0 Å². The van der Waals surface area contributed by atoms with Crippen molar-refractivity contribution in [3.8, 4) is 11.5 Å². The van der Waals surface area contributed by atoms with Gasteiger partial charge in [-0.05, 0) is 47.4 Å². The Morgan fingerprint density at radius 3 is 2.11 bits per heavy atom. The SMILES string of the molecule is COc1ccc(OC)c(N(CC(=O)N(Cc2ccccc2Cl)[C@@H](Cc2ccccc2)C(=O)NCC(C)C)S(=O)(=O)c2ccccc2)c1. The number of rotatable bonds is 15. The van der Waals surface area contributed by atoms with Crippen molar-refractivity contribution < 1.29 is 27.5 Å². The first-order valence-corrected chi connectivity index (χ1v) is 17.0. The van der Waals surface area contributed by atoms with E-state index >= 15 is 0 Å². The number of nitrogens with zero attached hydrogens (tertiary/aromatic N) is 2. The molecule has 2 amide bonds. The smallest absolute Gasteiger partial charge is 0.264 e. The topological polar surface area (TPSA) is 105 Å². The van der Waals surface area contributed by atoms with Crippen LogP contribution in [-0.4, -0.2) is 58.5 Å². The molecule has 0 saturated carbocycles. The minimum Gasteiger partial charge on any atom is -0.497 e. The summed E-state index contributed by atoms with van der Waals surface area (Å²) in [6.07, 6.45) is 0.189. The summed E-state index contributed by atoms with van der Waals surface area (Å²) in [5, 5.41) is 3.39. The highest BCUT2D eigenvalue weighted by atomic mass is 35.5. The number of carbonyl (C=O) groups is 2. The van der Waals surface area contributed by atoms with E-state index in [2.05, 4.69) is 5.32 Å². The third kappa shape index (κ3) is 9.05. The van der Waals surface area contributed by atoms with Crippen LogP contribution in [0.3, 0.4) is 0 Å². The molecule has 0 spiro atoms. The van der Waals surface area contributed by atoms with Gasteiger partial charge in [0.2, 0.25) is 11.8 Å². The highest BCUT2D eigenvalue weighted by Gasteiger charge is 2.36. The Kier molecular flexibility index (Phi) is 12.3. The second kappa shape index (κ2) is 16.3. The van der Waals surface area contributed by atoms with E-state index < -0.39 is 28.5 Å². The Bertz CT molecular complexity index is 1750. The van der Waals surface area contributed by atoms with Crippen molar-refractivity contribution in [2.45, 2.75) is 37.8 Å². The molecule has 248 valence electrons. The maximum atomic E-state index is 14.7. The monoisotopic (exact) mass is 677 g/mol. The number of amides is 2. The summed E-state index contributed by atoms with van der Waals surface area (Å²) >= 11 is 6.57. The number of benzene rings is 4. The molecule has 0 saturated heterocycles. The van der Waals surface area contributed by atoms with E-state index in [1.165, 1.54) is 37.3 Å². The van der Waals surface area contributed by atoms with Crippen LogP contribution in [0.4, 0.5) is 5.69 Å². The van der Waals surface area contributed by atoms with Gasteiger partial charge in [0.05, 0.1) is 24.8 Å². The Morgan fingerprint density at radius 1 is 0.851 bits per heavy atom. The molecule has 1 atom stereocenters. The van der Waals surface area contributed by atoms with Crippen molar-refractivity contribution in [2.75, 3.05) is 31.6 Å². The molecule has 0 radical (unpaired) electrons. The van der Waals surface area contributed by atoms with Crippen LogP contribution in [0, 0.1) is 5.92 Å². The summed E-state index contributed by atoms with van der Waals surface area (Å²) in [6.45, 7) is 3.67. The molecule has 0 bridgehead atoms. The largest absolute Gasteiger partial charge is 0.497 e. The van der Waals surface area contributed by atoms with E-state index in [1.54, 1.807) is 54.6 Å². The van der Waals surface area contributed by atoms with Gasteiger partial charge in [-0.3, -0.25) is 13.9 Å². The predicted molar refractivity (Wildman–Crippen MR) is 184 cm³/mol. The van der Waals surface area contributed by atoms with Gasteiger partial charge in [-0.2, -0.15) is 0 Å². The van der Waals surface area contributed by atoms with Crippen molar-refractivity contribution in [2.24, 2.45) is 5.92 Å². The second-order valence-corrected chi connectivity index (χ2v) is 13.6. The molecule has 0 aromatic heterocycles. The summed E-state index contributed by atoms with van der Waals surface area (Å²) < 4.78 is 40.6. The maximum Gasteiger partial charge on any atom is 0.264 e. The first-order chi connectivity index (χ1) is 22.5. The lowest BCUT2D eigenvalue weighted by molar-refractivity contribution is -0.140. The third-order valence-electron chi connectivity index (χ3n) is 7.52. The van der Waals surface area contributed by atoms with Gasteiger partial charge in [-0.1, -0.05) is 92.2 Å². The van der Waals surface area contributed by atoms with Crippen molar-refractivity contribution in [3.63, 3.8) is 0 Å². The number of halogens is 1. The van der Waals surface area contributed by atoms with E-state index in [9.17, 15) is 18.0 Å². The lowest BCUT2D eigenvalue weighted by Crippen LogP contribution is -2.53. The number of nitrogens with one attached hydrogen (secondary N) is 1. The minimum absolute atomic E-state index is 0.0224. The van der Waals surface area contributed by atoms with Crippen LogP contribution in [0.25, 0.3) is 0 Å². The zero-order chi connectivity index (χ0) is 34.0. The first kappa shape index (κ1) is 35.3. The Hall–Kier alpha value is -4.54.